The van der Waals surface area contributed by atoms with Crippen LogP contribution >= 0.6 is 11.6 Å². The van der Waals surface area contributed by atoms with Gasteiger partial charge in [0, 0.05) is 25.6 Å². The maximum atomic E-state index is 5.95. The quantitative estimate of drug-likeness (QED) is 0.575. The summed E-state index contributed by atoms with van der Waals surface area (Å²) in [5, 5.41) is 0. The topological polar surface area (TPSA) is 18.5 Å². The van der Waals surface area contributed by atoms with Crippen LogP contribution in [0.5, 0.6) is 0 Å². The molecule has 0 heterocycles. The van der Waals surface area contributed by atoms with Gasteiger partial charge in [-0.1, -0.05) is 31.2 Å². The summed E-state index contributed by atoms with van der Waals surface area (Å²) in [4.78, 5) is 0. The second kappa shape index (κ2) is 7.07. The van der Waals surface area contributed by atoms with Crippen LogP contribution in [0.3, 0.4) is 0 Å². The fraction of sp³-hybridized carbons (Fsp3) is 0.500. The van der Waals surface area contributed by atoms with Gasteiger partial charge in [0.25, 0.3) is 0 Å². The van der Waals surface area contributed by atoms with Crippen molar-refractivity contribution in [3.63, 3.8) is 0 Å². The first-order chi connectivity index (χ1) is 7.78. The third-order valence-electron chi connectivity index (χ3n) is 2.67. The molecule has 1 unspecified atom stereocenters. The number of hydrogen-bond donors (Lipinski definition) is 0. The third-order valence-corrected chi connectivity index (χ3v) is 5.05. The summed E-state index contributed by atoms with van der Waals surface area (Å²) in [5.74, 6) is 0.537. The molecular weight excluding hydrogens is 240 g/mol. The minimum Gasteiger partial charge on any atom is -0.396 e. The van der Waals surface area contributed by atoms with E-state index in [9.17, 15) is 0 Å². The zero-order chi connectivity index (χ0) is 12.0. The molecule has 0 aliphatic rings. The van der Waals surface area contributed by atoms with Gasteiger partial charge in [-0.15, -0.1) is 11.6 Å². The molecule has 0 aliphatic carbocycles. The molecule has 0 N–H and O–H groups in total. The van der Waals surface area contributed by atoms with Gasteiger partial charge in [-0.25, -0.2) is 0 Å². The first-order valence-corrected chi connectivity index (χ1v) is 7.29. The monoisotopic (exact) mass is 257 g/mol. The van der Waals surface area contributed by atoms with Crippen LogP contribution in [-0.2, 0) is 14.7 Å². The molecule has 0 aliphatic heterocycles. The van der Waals surface area contributed by atoms with Crippen molar-refractivity contribution in [1.82, 2.24) is 0 Å². The summed E-state index contributed by atoms with van der Waals surface area (Å²) in [5.41, 5.74) is 2.76. The van der Waals surface area contributed by atoms with Gasteiger partial charge < -0.3 is 8.85 Å². The molecule has 1 aromatic carbocycles. The molecule has 1 atom stereocenters. The van der Waals surface area contributed by atoms with E-state index in [-0.39, 0.29) is 0 Å². The third kappa shape index (κ3) is 3.07. The van der Waals surface area contributed by atoms with Gasteiger partial charge in [-0.3, -0.25) is 0 Å². The largest absolute Gasteiger partial charge is 0.396 e. The summed E-state index contributed by atoms with van der Waals surface area (Å²) < 4.78 is 10.9. The Morgan fingerprint density at radius 3 is 2.38 bits per heavy atom. The average molecular weight is 258 g/mol. The molecule has 0 saturated carbocycles. The van der Waals surface area contributed by atoms with Crippen LogP contribution in [0, 0.1) is 0 Å². The molecule has 0 aromatic heterocycles. The van der Waals surface area contributed by atoms with Gasteiger partial charge in [-0.2, -0.15) is 0 Å². The van der Waals surface area contributed by atoms with Crippen molar-refractivity contribution in [2.24, 2.45) is 0 Å². The van der Waals surface area contributed by atoms with Crippen molar-refractivity contribution in [1.29, 1.82) is 0 Å². The van der Waals surface area contributed by atoms with Crippen LogP contribution < -0.4 is 0 Å². The lowest BCUT2D eigenvalue weighted by molar-refractivity contribution is 0.265. The molecule has 0 fully saturated rings. The van der Waals surface area contributed by atoms with E-state index in [1.807, 2.05) is 12.1 Å². The smallest absolute Gasteiger partial charge is 0.392 e. The number of benzene rings is 1. The lowest BCUT2D eigenvalue weighted by Crippen LogP contribution is -2.29. The van der Waals surface area contributed by atoms with Gasteiger partial charge in [0.05, 0.1) is 0 Å². The lowest BCUT2D eigenvalue weighted by Gasteiger charge is -2.22. The first kappa shape index (κ1) is 13.7. The van der Waals surface area contributed by atoms with E-state index in [0.29, 0.717) is 11.4 Å². The maximum Gasteiger partial charge on any atom is 0.392 e. The number of alkyl halides is 1. The molecule has 1 radical (unpaired) electrons. The van der Waals surface area contributed by atoms with E-state index in [0.717, 1.165) is 6.42 Å². The Labute approximate surface area is 104 Å². The van der Waals surface area contributed by atoms with Gasteiger partial charge in [-0.05, 0) is 17.5 Å². The normalized spacial score (nSPS) is 13.1. The fourth-order valence-electron chi connectivity index (χ4n) is 1.88. The highest BCUT2D eigenvalue weighted by Gasteiger charge is 2.27. The first-order valence-electron chi connectivity index (χ1n) is 5.37. The molecule has 0 amide bonds. The molecule has 4 heteroatoms. The molecule has 1 aromatic rings. The van der Waals surface area contributed by atoms with Crippen molar-refractivity contribution in [2.45, 2.75) is 24.8 Å². The van der Waals surface area contributed by atoms with E-state index >= 15 is 0 Å². The highest BCUT2D eigenvalue weighted by molar-refractivity contribution is 6.46. The van der Waals surface area contributed by atoms with Crippen molar-refractivity contribution in [3.05, 3.63) is 35.4 Å². The summed E-state index contributed by atoms with van der Waals surface area (Å²) in [7, 11) is 2.17. The van der Waals surface area contributed by atoms with Crippen LogP contribution in [0.15, 0.2) is 24.3 Å². The molecular formula is C12H18ClO2Si. The van der Waals surface area contributed by atoms with Crippen molar-refractivity contribution in [3.8, 4) is 0 Å². The average Bonchev–Trinajstić information content (AvgIpc) is 2.35. The molecule has 0 saturated heterocycles. The van der Waals surface area contributed by atoms with Gasteiger partial charge >= 0.3 is 9.28 Å². The van der Waals surface area contributed by atoms with E-state index in [4.69, 9.17) is 20.5 Å². The Morgan fingerprint density at radius 1 is 1.25 bits per heavy atom. The molecule has 2 nitrogen and oxygen atoms in total. The van der Waals surface area contributed by atoms with E-state index in [1.165, 1.54) is 11.1 Å². The summed E-state index contributed by atoms with van der Waals surface area (Å²) in [6.45, 7) is 2.15. The fourth-order valence-corrected chi connectivity index (χ4v) is 3.73. The number of halogens is 1. The Balaban J connectivity index is 3.02. The van der Waals surface area contributed by atoms with Crippen molar-refractivity contribution < 1.29 is 8.85 Å². The van der Waals surface area contributed by atoms with Crippen molar-refractivity contribution in [2.75, 3.05) is 14.2 Å². The summed E-state index contributed by atoms with van der Waals surface area (Å²) in [6, 6.07) is 8.24. The van der Waals surface area contributed by atoms with Gasteiger partial charge in [0.15, 0.2) is 0 Å². The Kier molecular flexibility index (Phi) is 6.06. The SMILES string of the molecule is CCC(c1ccccc1CCl)[Si](OC)OC. The highest BCUT2D eigenvalue weighted by Crippen LogP contribution is 2.27. The summed E-state index contributed by atoms with van der Waals surface area (Å²) in [6.07, 6.45) is 1.00. The molecule has 0 bridgehead atoms. The standard InChI is InChI=1S/C12H18ClO2Si/c1-4-12(16(14-2)15-3)11-8-6-5-7-10(11)9-13/h5-8,12H,4,9H2,1-3H3. The van der Waals surface area contributed by atoms with Crippen LogP contribution in [-0.4, -0.2) is 23.5 Å². The predicted octanol–water partition coefficient (Wildman–Crippen LogP) is 3.24. The number of rotatable bonds is 6. The predicted molar refractivity (Wildman–Crippen MR) is 68.8 cm³/mol. The zero-order valence-electron chi connectivity index (χ0n) is 10.00. The molecule has 0 spiro atoms. The van der Waals surface area contributed by atoms with Gasteiger partial charge in [0.2, 0.25) is 0 Å². The summed E-state index contributed by atoms with van der Waals surface area (Å²) >= 11 is 5.95. The van der Waals surface area contributed by atoms with E-state index < -0.39 is 9.28 Å². The minimum atomic E-state index is -1.26. The van der Waals surface area contributed by atoms with E-state index in [1.54, 1.807) is 14.2 Å². The van der Waals surface area contributed by atoms with Crippen LogP contribution in [0.25, 0.3) is 0 Å². The number of hydrogen-bond acceptors (Lipinski definition) is 2. The minimum absolute atomic E-state index is 0.329. The van der Waals surface area contributed by atoms with Crippen LogP contribution in [0.2, 0.25) is 0 Å². The molecule has 16 heavy (non-hydrogen) atoms. The zero-order valence-corrected chi connectivity index (χ0v) is 11.8. The van der Waals surface area contributed by atoms with Crippen molar-refractivity contribution >= 4 is 20.9 Å². The Bertz CT molecular complexity index is 316. The highest BCUT2D eigenvalue weighted by atomic mass is 35.5. The van der Waals surface area contributed by atoms with Gasteiger partial charge in [0.1, 0.15) is 0 Å². The second-order valence-electron chi connectivity index (χ2n) is 3.52. The van der Waals surface area contributed by atoms with Crippen LogP contribution in [0.4, 0.5) is 0 Å². The lowest BCUT2D eigenvalue weighted by atomic mass is 10.0. The van der Waals surface area contributed by atoms with E-state index in [2.05, 4.69) is 19.1 Å². The molecule has 89 valence electrons. The maximum absolute atomic E-state index is 5.95. The second-order valence-corrected chi connectivity index (χ2v) is 5.94. The Morgan fingerprint density at radius 2 is 1.88 bits per heavy atom. The molecule has 1 rings (SSSR count). The Hall–Kier alpha value is -0.353. The van der Waals surface area contributed by atoms with Crippen LogP contribution in [0.1, 0.15) is 30.0 Å².